The molecule has 0 aromatic heterocycles. The standard InChI is InChI=1S/C14H18F3N3O/c1-8-6-20(7-9(8)2)10-3-4-12(14(15,16)17)11(5-10)13(18)19-21/h3-5,8-9,21H,6-7H2,1-2H3,(H2,18,19). The van der Waals surface area contributed by atoms with E-state index in [1.807, 2.05) is 4.90 Å². The van der Waals surface area contributed by atoms with Crippen molar-refractivity contribution in [3.63, 3.8) is 0 Å². The number of nitrogens with two attached hydrogens (primary N) is 1. The molecule has 2 rings (SSSR count). The molecule has 7 heteroatoms. The lowest BCUT2D eigenvalue weighted by Crippen LogP contribution is -2.23. The maximum absolute atomic E-state index is 13.0. The predicted octanol–water partition coefficient (Wildman–Crippen LogP) is 2.89. The van der Waals surface area contributed by atoms with Crippen LogP contribution in [0, 0.1) is 11.8 Å². The van der Waals surface area contributed by atoms with E-state index in [0.29, 0.717) is 17.5 Å². The first-order valence-corrected chi connectivity index (χ1v) is 6.68. The molecule has 0 amide bonds. The van der Waals surface area contributed by atoms with Crippen molar-refractivity contribution in [2.45, 2.75) is 20.0 Å². The van der Waals surface area contributed by atoms with Crippen molar-refractivity contribution in [3.05, 3.63) is 29.3 Å². The molecule has 2 unspecified atom stereocenters. The zero-order valence-corrected chi connectivity index (χ0v) is 11.9. The number of hydrogen-bond acceptors (Lipinski definition) is 3. The van der Waals surface area contributed by atoms with Crippen LogP contribution in [0.15, 0.2) is 23.4 Å². The van der Waals surface area contributed by atoms with Crippen molar-refractivity contribution in [1.29, 1.82) is 0 Å². The molecule has 1 aromatic rings. The predicted molar refractivity (Wildman–Crippen MR) is 74.5 cm³/mol. The highest BCUT2D eigenvalue weighted by atomic mass is 19.4. The molecule has 4 nitrogen and oxygen atoms in total. The van der Waals surface area contributed by atoms with Crippen LogP contribution in [0.3, 0.4) is 0 Å². The molecule has 0 radical (unpaired) electrons. The topological polar surface area (TPSA) is 61.8 Å². The van der Waals surface area contributed by atoms with E-state index in [0.717, 1.165) is 19.2 Å². The Morgan fingerprint density at radius 1 is 1.29 bits per heavy atom. The maximum Gasteiger partial charge on any atom is 0.417 e. The lowest BCUT2D eigenvalue weighted by Gasteiger charge is -2.21. The number of halogens is 3. The number of alkyl halides is 3. The van der Waals surface area contributed by atoms with Crippen LogP contribution >= 0.6 is 0 Å². The van der Waals surface area contributed by atoms with Gasteiger partial charge in [-0.15, -0.1) is 0 Å². The van der Waals surface area contributed by atoms with E-state index in [-0.39, 0.29) is 5.56 Å². The van der Waals surface area contributed by atoms with Crippen molar-refractivity contribution in [2.24, 2.45) is 22.7 Å². The van der Waals surface area contributed by atoms with Gasteiger partial charge in [0.2, 0.25) is 0 Å². The van der Waals surface area contributed by atoms with Crippen LogP contribution in [-0.4, -0.2) is 24.1 Å². The SMILES string of the molecule is CC1CN(c2ccc(C(F)(F)F)c(/C(N)=N/O)c2)CC1C. The normalized spacial score (nSPS) is 23.7. The quantitative estimate of drug-likeness (QED) is 0.382. The lowest BCUT2D eigenvalue weighted by atomic mass is 10.0. The second-order valence-corrected chi connectivity index (χ2v) is 5.57. The monoisotopic (exact) mass is 301 g/mol. The average Bonchev–Trinajstić information content (AvgIpc) is 2.76. The van der Waals surface area contributed by atoms with Crippen molar-refractivity contribution < 1.29 is 18.4 Å². The second-order valence-electron chi connectivity index (χ2n) is 5.57. The van der Waals surface area contributed by atoms with E-state index in [1.54, 1.807) is 0 Å². The van der Waals surface area contributed by atoms with E-state index < -0.39 is 17.6 Å². The third-order valence-corrected chi connectivity index (χ3v) is 4.05. The Labute approximate surface area is 121 Å². The van der Waals surface area contributed by atoms with Gasteiger partial charge in [0, 0.05) is 24.3 Å². The summed E-state index contributed by atoms with van der Waals surface area (Å²) in [6.07, 6.45) is -4.55. The minimum atomic E-state index is -4.55. The zero-order chi connectivity index (χ0) is 15.8. The first kappa shape index (κ1) is 15.5. The van der Waals surface area contributed by atoms with Crippen LogP contribution in [0.2, 0.25) is 0 Å². The van der Waals surface area contributed by atoms with E-state index in [4.69, 9.17) is 10.9 Å². The van der Waals surface area contributed by atoms with Crippen LogP contribution in [0.4, 0.5) is 18.9 Å². The second kappa shape index (κ2) is 5.46. The van der Waals surface area contributed by atoms with Crippen LogP contribution in [0.25, 0.3) is 0 Å². The summed E-state index contributed by atoms with van der Waals surface area (Å²) >= 11 is 0. The Bertz CT molecular complexity index is 547. The van der Waals surface area contributed by atoms with Crippen molar-refractivity contribution >= 4 is 11.5 Å². The summed E-state index contributed by atoms with van der Waals surface area (Å²) in [4.78, 5) is 2.02. The zero-order valence-electron chi connectivity index (χ0n) is 11.9. The van der Waals surface area contributed by atoms with Gasteiger partial charge in [-0.05, 0) is 30.0 Å². The lowest BCUT2D eigenvalue weighted by molar-refractivity contribution is -0.137. The summed E-state index contributed by atoms with van der Waals surface area (Å²) < 4.78 is 38.9. The number of benzene rings is 1. The molecular weight excluding hydrogens is 283 g/mol. The number of anilines is 1. The summed E-state index contributed by atoms with van der Waals surface area (Å²) in [5.41, 5.74) is 4.85. The fourth-order valence-electron chi connectivity index (χ4n) is 2.58. The van der Waals surface area contributed by atoms with Crippen molar-refractivity contribution in [1.82, 2.24) is 0 Å². The molecule has 1 aromatic carbocycles. The molecule has 1 aliphatic rings. The molecule has 1 saturated heterocycles. The molecule has 21 heavy (non-hydrogen) atoms. The largest absolute Gasteiger partial charge is 0.417 e. The summed E-state index contributed by atoms with van der Waals surface area (Å²) in [7, 11) is 0. The molecule has 3 N–H and O–H groups in total. The molecule has 0 saturated carbocycles. The number of nitrogens with zero attached hydrogens (tertiary/aromatic N) is 2. The Morgan fingerprint density at radius 3 is 2.33 bits per heavy atom. The van der Waals surface area contributed by atoms with Gasteiger partial charge in [-0.1, -0.05) is 19.0 Å². The van der Waals surface area contributed by atoms with E-state index in [2.05, 4.69) is 19.0 Å². The number of rotatable bonds is 2. The summed E-state index contributed by atoms with van der Waals surface area (Å²) in [6.45, 7) is 5.78. The van der Waals surface area contributed by atoms with Gasteiger partial charge in [0.05, 0.1) is 5.56 Å². The van der Waals surface area contributed by atoms with Gasteiger partial charge in [0.15, 0.2) is 5.84 Å². The molecule has 0 spiro atoms. The summed E-state index contributed by atoms with van der Waals surface area (Å²) in [6, 6.07) is 3.75. The number of oxime groups is 1. The fraction of sp³-hybridized carbons (Fsp3) is 0.500. The molecule has 1 aliphatic heterocycles. The van der Waals surface area contributed by atoms with Crippen LogP contribution in [0.1, 0.15) is 25.0 Å². The van der Waals surface area contributed by atoms with Crippen LogP contribution in [-0.2, 0) is 6.18 Å². The van der Waals surface area contributed by atoms with Gasteiger partial charge in [0.25, 0.3) is 0 Å². The van der Waals surface area contributed by atoms with Gasteiger partial charge < -0.3 is 15.8 Å². The Morgan fingerprint density at radius 2 is 1.86 bits per heavy atom. The maximum atomic E-state index is 13.0. The Hall–Kier alpha value is -1.92. The van der Waals surface area contributed by atoms with Gasteiger partial charge in [-0.25, -0.2) is 0 Å². The van der Waals surface area contributed by atoms with Gasteiger partial charge >= 0.3 is 6.18 Å². The Kier molecular flexibility index (Phi) is 4.02. The van der Waals surface area contributed by atoms with E-state index in [1.165, 1.54) is 12.1 Å². The number of hydrogen-bond donors (Lipinski definition) is 2. The molecule has 2 atom stereocenters. The third-order valence-electron chi connectivity index (χ3n) is 4.05. The summed E-state index contributed by atoms with van der Waals surface area (Å²) in [5, 5.41) is 11.4. The highest BCUT2D eigenvalue weighted by Crippen LogP contribution is 2.35. The van der Waals surface area contributed by atoms with E-state index in [9.17, 15) is 13.2 Å². The Balaban J connectivity index is 2.43. The first-order chi connectivity index (χ1) is 9.74. The summed E-state index contributed by atoms with van der Waals surface area (Å²) in [5.74, 6) is 0.406. The molecule has 116 valence electrons. The minimum Gasteiger partial charge on any atom is -0.409 e. The molecule has 1 fully saturated rings. The van der Waals surface area contributed by atoms with E-state index >= 15 is 0 Å². The van der Waals surface area contributed by atoms with Gasteiger partial charge in [0.1, 0.15) is 0 Å². The minimum absolute atomic E-state index is 0.297. The van der Waals surface area contributed by atoms with Gasteiger partial charge in [-0.3, -0.25) is 0 Å². The molecule has 0 bridgehead atoms. The highest BCUT2D eigenvalue weighted by Gasteiger charge is 2.35. The first-order valence-electron chi connectivity index (χ1n) is 6.68. The molecule has 1 heterocycles. The highest BCUT2D eigenvalue weighted by molar-refractivity contribution is 5.99. The fourth-order valence-corrected chi connectivity index (χ4v) is 2.58. The number of amidine groups is 1. The van der Waals surface area contributed by atoms with Crippen LogP contribution < -0.4 is 10.6 Å². The molecular formula is C14H18F3N3O. The van der Waals surface area contributed by atoms with Crippen molar-refractivity contribution in [3.8, 4) is 0 Å². The molecule has 0 aliphatic carbocycles. The third kappa shape index (κ3) is 3.06. The smallest absolute Gasteiger partial charge is 0.409 e. The van der Waals surface area contributed by atoms with Crippen molar-refractivity contribution in [2.75, 3.05) is 18.0 Å². The van der Waals surface area contributed by atoms with Gasteiger partial charge in [-0.2, -0.15) is 13.2 Å². The average molecular weight is 301 g/mol. The van der Waals surface area contributed by atoms with Crippen LogP contribution in [0.5, 0.6) is 0 Å².